The first kappa shape index (κ1) is 19.6. The number of anilines is 2. The summed E-state index contributed by atoms with van der Waals surface area (Å²) >= 11 is 0. The number of carbonyl (C=O) groups excluding carboxylic acids is 1. The van der Waals surface area contributed by atoms with Crippen molar-refractivity contribution in [3.05, 3.63) is 53.1 Å². The molecule has 0 saturated heterocycles. The Morgan fingerprint density at radius 3 is 2.71 bits per heavy atom. The molecule has 0 spiro atoms. The minimum atomic E-state index is -3.08. The number of amides is 1. The van der Waals surface area contributed by atoms with Crippen LogP contribution in [0.2, 0.25) is 0 Å². The highest BCUT2D eigenvalue weighted by atomic mass is 19.3. The second-order valence-electron chi connectivity index (χ2n) is 6.40. The summed E-state index contributed by atoms with van der Waals surface area (Å²) < 4.78 is 47.2. The summed E-state index contributed by atoms with van der Waals surface area (Å²) in [7, 11) is 0. The molecule has 5 N–H and O–H groups in total. The lowest BCUT2D eigenvalue weighted by Crippen LogP contribution is -2.45. The molecule has 1 aliphatic heterocycles. The first-order valence-electron chi connectivity index (χ1n) is 8.26. The largest absolute Gasteiger partial charge is 0.397 e. The number of aliphatic imine (C=N–C) groups is 1. The van der Waals surface area contributed by atoms with Crippen molar-refractivity contribution in [1.82, 2.24) is 4.98 Å². The fraction of sp³-hybridized carbons (Fsp3) is 0.278. The number of benzene rings is 1. The van der Waals surface area contributed by atoms with E-state index in [0.717, 1.165) is 12.1 Å². The average molecular weight is 393 g/mol. The molecule has 1 aliphatic rings. The molecule has 148 valence electrons. The fourth-order valence-electron chi connectivity index (χ4n) is 2.96. The number of carbonyl (C=O) groups is 1. The van der Waals surface area contributed by atoms with Crippen molar-refractivity contribution >= 4 is 23.1 Å². The van der Waals surface area contributed by atoms with Gasteiger partial charge >= 0.3 is 0 Å². The summed E-state index contributed by atoms with van der Waals surface area (Å²) in [6.07, 6.45) is -1.76. The van der Waals surface area contributed by atoms with E-state index in [2.05, 4.69) is 15.3 Å². The molecule has 1 atom stereocenters. The average Bonchev–Trinajstić information content (AvgIpc) is 2.62. The highest BCUT2D eigenvalue weighted by Gasteiger charge is 2.46. The molecule has 3 rings (SSSR count). The van der Waals surface area contributed by atoms with Crippen molar-refractivity contribution in [2.45, 2.75) is 18.9 Å². The van der Waals surface area contributed by atoms with Crippen molar-refractivity contribution in [1.29, 1.82) is 0 Å². The molecule has 0 fully saturated rings. The van der Waals surface area contributed by atoms with Gasteiger partial charge in [-0.3, -0.25) is 9.79 Å². The Bertz CT molecular complexity index is 951. The summed E-state index contributed by atoms with van der Waals surface area (Å²) in [5.74, 6) is -1.67. The zero-order valence-electron chi connectivity index (χ0n) is 14.9. The van der Waals surface area contributed by atoms with Gasteiger partial charge in [-0.25, -0.2) is 18.2 Å². The second-order valence-corrected chi connectivity index (χ2v) is 6.40. The number of halogens is 3. The van der Waals surface area contributed by atoms with Gasteiger partial charge in [0.15, 0.2) is 5.54 Å². The number of pyridine rings is 1. The molecular weight excluding hydrogens is 375 g/mol. The van der Waals surface area contributed by atoms with Gasteiger partial charge in [0.25, 0.3) is 12.3 Å². The van der Waals surface area contributed by atoms with Crippen LogP contribution in [0.1, 0.15) is 21.6 Å². The van der Waals surface area contributed by atoms with E-state index in [1.54, 1.807) is 13.0 Å². The lowest BCUT2D eigenvalue weighted by molar-refractivity contribution is -0.0145. The van der Waals surface area contributed by atoms with Crippen LogP contribution in [0.4, 0.5) is 24.5 Å². The quantitative estimate of drug-likeness (QED) is 0.737. The van der Waals surface area contributed by atoms with Crippen LogP contribution in [0.15, 0.2) is 35.5 Å². The number of hydrogen-bond donors (Lipinski definition) is 3. The zero-order valence-corrected chi connectivity index (χ0v) is 14.9. The number of alkyl halides is 2. The molecule has 1 unspecified atom stereocenters. The molecule has 1 aromatic carbocycles. The standard InChI is InChI=1S/C18H18F3N5O2/c1-9-4-10(22)6-24-15(9)16(27)25-11-2-3-13(19)12(5-11)18(17(20)21)8-28-7-14(23)26-18/h2-6,17H,7-8,22H2,1H3,(H2,23,26)(H,25,27). The van der Waals surface area contributed by atoms with Crippen molar-refractivity contribution < 1.29 is 22.7 Å². The second kappa shape index (κ2) is 7.47. The van der Waals surface area contributed by atoms with Crippen molar-refractivity contribution in [3.8, 4) is 0 Å². The van der Waals surface area contributed by atoms with Crippen LogP contribution < -0.4 is 16.8 Å². The van der Waals surface area contributed by atoms with Gasteiger partial charge in [0, 0.05) is 11.3 Å². The third-order valence-electron chi connectivity index (χ3n) is 4.28. The molecule has 0 aliphatic carbocycles. The van der Waals surface area contributed by atoms with Gasteiger partial charge in [0.05, 0.1) is 18.5 Å². The molecule has 1 amide bonds. The Balaban J connectivity index is 1.97. The van der Waals surface area contributed by atoms with Crippen molar-refractivity contribution in [3.63, 3.8) is 0 Å². The van der Waals surface area contributed by atoms with E-state index >= 15 is 0 Å². The summed E-state index contributed by atoms with van der Waals surface area (Å²) in [6.45, 7) is 0.990. The molecule has 7 nitrogen and oxygen atoms in total. The zero-order chi connectivity index (χ0) is 20.5. The van der Waals surface area contributed by atoms with Crippen LogP contribution in [0, 0.1) is 12.7 Å². The number of hydrogen-bond acceptors (Lipinski definition) is 6. The first-order valence-corrected chi connectivity index (χ1v) is 8.26. The topological polar surface area (TPSA) is 116 Å². The van der Waals surface area contributed by atoms with Crippen LogP contribution in [0.5, 0.6) is 0 Å². The maximum absolute atomic E-state index is 14.4. The van der Waals surface area contributed by atoms with Gasteiger partial charge in [-0.1, -0.05) is 0 Å². The number of amidine groups is 1. The van der Waals surface area contributed by atoms with Gasteiger partial charge < -0.3 is 21.5 Å². The number of aryl methyl sites for hydroxylation is 1. The van der Waals surface area contributed by atoms with E-state index < -0.39 is 35.9 Å². The van der Waals surface area contributed by atoms with Crippen LogP contribution in [-0.4, -0.2) is 36.4 Å². The lowest BCUT2D eigenvalue weighted by Gasteiger charge is -2.33. The predicted molar refractivity (Wildman–Crippen MR) is 97.9 cm³/mol. The summed E-state index contributed by atoms with van der Waals surface area (Å²) in [5, 5.41) is 2.52. The molecule has 0 bridgehead atoms. The summed E-state index contributed by atoms with van der Waals surface area (Å²) in [5.41, 5.74) is 9.56. The molecule has 1 aromatic heterocycles. The Morgan fingerprint density at radius 2 is 2.07 bits per heavy atom. The highest BCUT2D eigenvalue weighted by molar-refractivity contribution is 6.04. The predicted octanol–water partition coefficient (Wildman–Crippen LogP) is 2.21. The number of nitrogens with one attached hydrogen (secondary N) is 1. The van der Waals surface area contributed by atoms with Gasteiger partial charge in [0.1, 0.15) is 24.0 Å². The maximum atomic E-state index is 14.4. The van der Waals surface area contributed by atoms with Gasteiger partial charge in [0.2, 0.25) is 0 Å². The maximum Gasteiger partial charge on any atom is 0.274 e. The van der Waals surface area contributed by atoms with E-state index in [9.17, 15) is 18.0 Å². The van der Waals surface area contributed by atoms with Gasteiger partial charge in [-0.05, 0) is 36.8 Å². The molecule has 10 heteroatoms. The third-order valence-corrected chi connectivity index (χ3v) is 4.28. The van der Waals surface area contributed by atoms with E-state index in [1.807, 2.05) is 0 Å². The Kier molecular flexibility index (Phi) is 5.23. The highest BCUT2D eigenvalue weighted by Crippen LogP contribution is 2.38. The van der Waals surface area contributed by atoms with Crippen LogP contribution in [-0.2, 0) is 10.3 Å². The molecule has 0 saturated carbocycles. The number of ether oxygens (including phenoxy) is 1. The molecule has 28 heavy (non-hydrogen) atoms. The van der Waals surface area contributed by atoms with Crippen LogP contribution >= 0.6 is 0 Å². The first-order chi connectivity index (χ1) is 13.2. The smallest absolute Gasteiger partial charge is 0.274 e. The third kappa shape index (κ3) is 3.63. The number of nitrogen functional groups attached to an aromatic ring is 1. The molecule has 2 aromatic rings. The fourth-order valence-corrected chi connectivity index (χ4v) is 2.96. The van der Waals surface area contributed by atoms with Crippen LogP contribution in [0.25, 0.3) is 0 Å². The van der Waals surface area contributed by atoms with E-state index in [1.165, 1.54) is 12.3 Å². The summed E-state index contributed by atoms with van der Waals surface area (Å²) in [4.78, 5) is 20.2. The molecule has 2 heterocycles. The van der Waals surface area contributed by atoms with E-state index in [0.29, 0.717) is 11.3 Å². The lowest BCUT2D eigenvalue weighted by atomic mass is 9.90. The molecule has 0 radical (unpaired) electrons. The number of nitrogens with zero attached hydrogens (tertiary/aromatic N) is 2. The summed E-state index contributed by atoms with van der Waals surface area (Å²) in [6, 6.07) is 4.89. The van der Waals surface area contributed by atoms with Gasteiger partial charge in [-0.2, -0.15) is 0 Å². The Labute approximate surface area is 158 Å². The Morgan fingerprint density at radius 1 is 1.32 bits per heavy atom. The number of nitrogens with two attached hydrogens (primary N) is 2. The normalized spacial score (nSPS) is 19.4. The minimum Gasteiger partial charge on any atom is -0.397 e. The monoisotopic (exact) mass is 393 g/mol. The number of rotatable bonds is 4. The van der Waals surface area contributed by atoms with Gasteiger partial charge in [-0.15, -0.1) is 0 Å². The van der Waals surface area contributed by atoms with Crippen molar-refractivity contribution in [2.75, 3.05) is 24.3 Å². The Hall–Kier alpha value is -3.14. The van der Waals surface area contributed by atoms with Crippen molar-refractivity contribution in [2.24, 2.45) is 10.7 Å². The van der Waals surface area contributed by atoms with E-state index in [4.69, 9.17) is 16.2 Å². The van der Waals surface area contributed by atoms with Crippen LogP contribution in [0.3, 0.4) is 0 Å². The molecular formula is C18H18F3N5O2. The minimum absolute atomic E-state index is 0.0961. The number of aromatic nitrogens is 1. The van der Waals surface area contributed by atoms with E-state index in [-0.39, 0.29) is 23.8 Å². The SMILES string of the molecule is Cc1cc(N)cnc1C(=O)Nc1ccc(F)c(C2(C(F)F)COCC(N)=N2)c1.